The summed E-state index contributed by atoms with van der Waals surface area (Å²) in [6, 6.07) is 10.1. The Morgan fingerprint density at radius 2 is 1.78 bits per heavy atom. The standard InChI is InChI=1S/C25H21Cl2F2N5O3/c1-12-8-20(13-4-6-25(28,29)7-5-13)31-19-3-2-15(11-16(12)19)37-21-17(26)9-14(10-18(21)27)34-24(36)32-23(35)22(30)33-34/h2-3,8-11,13H,4-7H2,1H3,(H2,30,33)(H,32,35,36). The molecule has 0 unspecified atom stereocenters. The molecule has 2 aromatic carbocycles. The van der Waals surface area contributed by atoms with Crippen molar-refractivity contribution < 1.29 is 13.5 Å². The summed E-state index contributed by atoms with van der Waals surface area (Å²) in [6.07, 6.45) is 0.576. The van der Waals surface area contributed by atoms with E-state index in [1.807, 2.05) is 13.0 Å². The van der Waals surface area contributed by atoms with Gasteiger partial charge in [0.15, 0.2) is 5.75 Å². The lowest BCUT2D eigenvalue weighted by Crippen LogP contribution is -2.33. The van der Waals surface area contributed by atoms with Crippen molar-refractivity contribution in [2.24, 2.45) is 0 Å². The number of aromatic amines is 1. The minimum atomic E-state index is -2.59. The number of benzene rings is 2. The van der Waals surface area contributed by atoms with E-state index in [-0.39, 0.29) is 40.2 Å². The number of hydrogen-bond acceptors (Lipinski definition) is 6. The van der Waals surface area contributed by atoms with Gasteiger partial charge in [0.25, 0.3) is 5.56 Å². The molecule has 0 amide bonds. The highest BCUT2D eigenvalue weighted by molar-refractivity contribution is 6.37. The minimum Gasteiger partial charge on any atom is -0.454 e. The molecular weight excluding hydrogens is 527 g/mol. The van der Waals surface area contributed by atoms with Crippen molar-refractivity contribution in [1.29, 1.82) is 0 Å². The van der Waals surface area contributed by atoms with Crippen molar-refractivity contribution in [3.05, 3.63) is 78.5 Å². The quantitative estimate of drug-likeness (QED) is 0.336. The molecular formula is C25H21Cl2F2N5O3. The number of anilines is 1. The lowest BCUT2D eigenvalue weighted by molar-refractivity contribution is -0.0384. The zero-order chi connectivity index (χ0) is 26.5. The summed E-state index contributed by atoms with van der Waals surface area (Å²) < 4.78 is 34.0. The van der Waals surface area contributed by atoms with Crippen LogP contribution >= 0.6 is 23.2 Å². The fourth-order valence-electron chi connectivity index (χ4n) is 4.48. The van der Waals surface area contributed by atoms with Gasteiger partial charge >= 0.3 is 5.69 Å². The number of rotatable bonds is 4. The maximum absolute atomic E-state index is 13.6. The average molecular weight is 548 g/mol. The molecule has 2 heterocycles. The van der Waals surface area contributed by atoms with Crippen LogP contribution in [0.3, 0.4) is 0 Å². The Kier molecular flexibility index (Phi) is 6.41. The number of nitrogen functional groups attached to an aromatic ring is 1. The molecule has 192 valence electrons. The monoisotopic (exact) mass is 547 g/mol. The normalized spacial score (nSPS) is 15.7. The molecule has 5 rings (SSSR count). The molecule has 2 aromatic heterocycles. The van der Waals surface area contributed by atoms with E-state index in [0.717, 1.165) is 26.8 Å². The fraction of sp³-hybridized carbons (Fsp3) is 0.280. The van der Waals surface area contributed by atoms with Gasteiger partial charge in [0, 0.05) is 29.8 Å². The van der Waals surface area contributed by atoms with Crippen molar-refractivity contribution in [3.8, 4) is 17.2 Å². The average Bonchev–Trinajstić information content (AvgIpc) is 2.83. The maximum Gasteiger partial charge on any atom is 0.349 e. The number of fused-ring (bicyclic) bond motifs is 1. The molecule has 3 N–H and O–H groups in total. The van der Waals surface area contributed by atoms with Gasteiger partial charge in [-0.2, -0.15) is 4.68 Å². The summed E-state index contributed by atoms with van der Waals surface area (Å²) >= 11 is 12.8. The predicted molar refractivity (Wildman–Crippen MR) is 138 cm³/mol. The zero-order valence-electron chi connectivity index (χ0n) is 19.5. The molecule has 4 aromatic rings. The number of nitrogens with two attached hydrogens (primary N) is 1. The number of pyridine rings is 1. The number of aryl methyl sites for hydroxylation is 1. The van der Waals surface area contributed by atoms with Gasteiger partial charge in [-0.3, -0.25) is 14.8 Å². The van der Waals surface area contributed by atoms with Gasteiger partial charge in [0.1, 0.15) is 5.75 Å². The Balaban J connectivity index is 1.43. The zero-order valence-corrected chi connectivity index (χ0v) is 21.0. The molecule has 0 radical (unpaired) electrons. The van der Waals surface area contributed by atoms with Crippen LogP contribution in [-0.2, 0) is 0 Å². The number of nitrogens with one attached hydrogen (secondary N) is 1. The second-order valence-corrected chi connectivity index (χ2v) is 9.88. The van der Waals surface area contributed by atoms with Crippen LogP contribution in [0.1, 0.15) is 42.9 Å². The van der Waals surface area contributed by atoms with E-state index in [4.69, 9.17) is 38.7 Å². The number of nitrogens with zero attached hydrogens (tertiary/aromatic N) is 3. The van der Waals surface area contributed by atoms with Crippen LogP contribution in [0, 0.1) is 6.92 Å². The second kappa shape index (κ2) is 9.42. The number of H-pyrrole nitrogens is 1. The van der Waals surface area contributed by atoms with Crippen LogP contribution in [0.25, 0.3) is 16.6 Å². The topological polar surface area (TPSA) is 116 Å². The first kappa shape index (κ1) is 25.2. The molecule has 0 atom stereocenters. The summed E-state index contributed by atoms with van der Waals surface area (Å²) in [5, 5.41) is 4.80. The van der Waals surface area contributed by atoms with E-state index in [9.17, 15) is 18.4 Å². The number of hydrogen-bond donors (Lipinski definition) is 2. The number of ether oxygens (including phenoxy) is 1. The van der Waals surface area contributed by atoms with Crippen molar-refractivity contribution in [2.45, 2.75) is 44.4 Å². The molecule has 1 fully saturated rings. The Morgan fingerprint density at radius 1 is 1.11 bits per heavy atom. The summed E-state index contributed by atoms with van der Waals surface area (Å²) in [6.45, 7) is 1.93. The third kappa shape index (κ3) is 5.03. The van der Waals surface area contributed by atoms with Gasteiger partial charge in [-0.25, -0.2) is 13.6 Å². The van der Waals surface area contributed by atoms with Gasteiger partial charge in [-0.05, 0) is 61.7 Å². The highest BCUT2D eigenvalue weighted by atomic mass is 35.5. The van der Waals surface area contributed by atoms with E-state index in [0.29, 0.717) is 18.6 Å². The van der Waals surface area contributed by atoms with Crippen LogP contribution < -0.4 is 21.7 Å². The molecule has 8 nitrogen and oxygen atoms in total. The Bertz CT molecular complexity index is 1620. The third-order valence-electron chi connectivity index (χ3n) is 6.44. The minimum absolute atomic E-state index is 0.00886. The smallest absolute Gasteiger partial charge is 0.349 e. The highest BCUT2D eigenvalue weighted by Gasteiger charge is 2.36. The van der Waals surface area contributed by atoms with Gasteiger partial charge in [-0.1, -0.05) is 23.2 Å². The van der Waals surface area contributed by atoms with Crippen molar-refractivity contribution in [1.82, 2.24) is 19.7 Å². The summed E-state index contributed by atoms with van der Waals surface area (Å²) in [7, 11) is 0. The second-order valence-electron chi connectivity index (χ2n) is 9.07. The SMILES string of the molecule is Cc1cc(C2CCC(F)(F)CC2)nc2ccc(Oc3c(Cl)cc(-n4nc(N)c(=O)[nH]c4=O)cc3Cl)cc12. The van der Waals surface area contributed by atoms with Crippen molar-refractivity contribution >= 4 is 39.9 Å². The lowest BCUT2D eigenvalue weighted by Gasteiger charge is -2.28. The van der Waals surface area contributed by atoms with Gasteiger partial charge in [0.2, 0.25) is 11.7 Å². The molecule has 0 spiro atoms. The summed E-state index contributed by atoms with van der Waals surface area (Å²) in [4.78, 5) is 30.4. The van der Waals surface area contributed by atoms with E-state index in [1.54, 1.807) is 18.2 Å². The fourth-order valence-corrected chi connectivity index (χ4v) is 5.03. The van der Waals surface area contributed by atoms with Crippen molar-refractivity contribution in [3.63, 3.8) is 0 Å². The van der Waals surface area contributed by atoms with Crippen molar-refractivity contribution in [2.75, 3.05) is 5.73 Å². The first-order valence-corrected chi connectivity index (χ1v) is 12.2. The lowest BCUT2D eigenvalue weighted by atomic mass is 9.84. The van der Waals surface area contributed by atoms with Gasteiger partial charge in [0.05, 0.1) is 21.2 Å². The Labute approximate surface area is 219 Å². The van der Waals surface area contributed by atoms with Gasteiger partial charge in [-0.15, -0.1) is 5.10 Å². The summed E-state index contributed by atoms with van der Waals surface area (Å²) in [5.41, 5.74) is 6.58. The number of halogens is 4. The Morgan fingerprint density at radius 3 is 2.46 bits per heavy atom. The van der Waals surface area contributed by atoms with Crippen LogP contribution in [0.2, 0.25) is 10.0 Å². The molecule has 37 heavy (non-hydrogen) atoms. The molecule has 12 heteroatoms. The third-order valence-corrected chi connectivity index (χ3v) is 7.00. The van der Waals surface area contributed by atoms with E-state index < -0.39 is 23.0 Å². The van der Waals surface area contributed by atoms with Crippen LogP contribution in [0.4, 0.5) is 14.6 Å². The van der Waals surface area contributed by atoms with Crippen LogP contribution in [-0.4, -0.2) is 25.7 Å². The molecule has 0 bridgehead atoms. The van der Waals surface area contributed by atoms with E-state index >= 15 is 0 Å². The van der Waals surface area contributed by atoms with E-state index in [1.165, 1.54) is 12.1 Å². The molecule has 0 saturated heterocycles. The molecule has 1 saturated carbocycles. The highest BCUT2D eigenvalue weighted by Crippen LogP contribution is 2.42. The molecule has 1 aliphatic carbocycles. The first-order valence-electron chi connectivity index (χ1n) is 11.5. The maximum atomic E-state index is 13.6. The van der Waals surface area contributed by atoms with Gasteiger partial charge < -0.3 is 10.5 Å². The predicted octanol–water partition coefficient (Wildman–Crippen LogP) is 5.75. The first-order chi connectivity index (χ1) is 17.5. The van der Waals surface area contributed by atoms with Crippen LogP contribution in [0.5, 0.6) is 11.5 Å². The summed E-state index contributed by atoms with van der Waals surface area (Å²) in [5.74, 6) is -2.37. The number of alkyl halides is 2. The number of aromatic nitrogens is 4. The van der Waals surface area contributed by atoms with E-state index in [2.05, 4.69) is 10.1 Å². The van der Waals surface area contributed by atoms with Crippen LogP contribution in [0.15, 0.2) is 46.0 Å². The molecule has 1 aliphatic rings. The molecule has 0 aliphatic heterocycles. The largest absolute Gasteiger partial charge is 0.454 e. The Hall–Kier alpha value is -3.50.